The van der Waals surface area contributed by atoms with Gasteiger partial charge in [0.15, 0.2) is 0 Å². The largest absolute Gasteiger partial charge is 0.374 e. The Hall–Kier alpha value is -2.28. The van der Waals surface area contributed by atoms with Gasteiger partial charge >= 0.3 is 0 Å². The molecular formula is C21H23N. The first-order valence-electron chi connectivity index (χ1n) is 7.94. The van der Waals surface area contributed by atoms with Gasteiger partial charge in [-0.1, -0.05) is 60.2 Å². The van der Waals surface area contributed by atoms with Gasteiger partial charge in [0.2, 0.25) is 0 Å². The Bertz CT molecular complexity index is 726. The van der Waals surface area contributed by atoms with Gasteiger partial charge in [0.05, 0.1) is 6.04 Å². The first kappa shape index (κ1) is 14.6. The van der Waals surface area contributed by atoms with Crippen molar-refractivity contribution in [3.05, 3.63) is 83.0 Å². The van der Waals surface area contributed by atoms with Crippen LogP contribution in [-0.2, 0) is 0 Å². The van der Waals surface area contributed by atoms with Crippen LogP contribution in [0, 0.1) is 0 Å². The first-order chi connectivity index (χ1) is 10.7. The Labute approximate surface area is 133 Å². The van der Waals surface area contributed by atoms with E-state index in [0.29, 0.717) is 0 Å². The van der Waals surface area contributed by atoms with Gasteiger partial charge in [-0.3, -0.25) is 0 Å². The zero-order valence-electron chi connectivity index (χ0n) is 13.6. The van der Waals surface area contributed by atoms with Crippen molar-refractivity contribution in [1.29, 1.82) is 0 Å². The molecule has 0 amide bonds. The molecule has 1 aromatic carbocycles. The van der Waals surface area contributed by atoms with E-state index in [0.717, 1.165) is 6.42 Å². The monoisotopic (exact) mass is 289 g/mol. The standard InChI is InChI=1S/C21H23N/c1-4-17-9-5-7-11-20(17)22-21-12-8-6-10-19(21)18-14-13-15(2)16(18)3/h4-13,20,22H,14H2,1-3H3. The summed E-state index contributed by atoms with van der Waals surface area (Å²) in [6.07, 6.45) is 14.1. The number of benzene rings is 1. The van der Waals surface area contributed by atoms with Gasteiger partial charge in [-0.25, -0.2) is 0 Å². The molecule has 0 bridgehead atoms. The molecule has 1 heteroatoms. The van der Waals surface area contributed by atoms with Crippen LogP contribution in [0.3, 0.4) is 0 Å². The number of hydrogen-bond donors (Lipinski definition) is 1. The molecule has 0 saturated carbocycles. The summed E-state index contributed by atoms with van der Waals surface area (Å²) in [6, 6.07) is 8.89. The second kappa shape index (κ2) is 6.23. The van der Waals surface area contributed by atoms with Crippen molar-refractivity contribution in [3.8, 4) is 0 Å². The lowest BCUT2D eigenvalue weighted by atomic mass is 9.97. The van der Waals surface area contributed by atoms with E-state index >= 15 is 0 Å². The molecule has 0 aliphatic heterocycles. The maximum atomic E-state index is 3.70. The van der Waals surface area contributed by atoms with Gasteiger partial charge in [0, 0.05) is 11.3 Å². The third-order valence-electron chi connectivity index (χ3n) is 4.62. The molecule has 1 nitrogen and oxygen atoms in total. The zero-order chi connectivity index (χ0) is 15.5. The highest BCUT2D eigenvalue weighted by Gasteiger charge is 2.17. The van der Waals surface area contributed by atoms with Crippen LogP contribution in [0.2, 0.25) is 0 Å². The van der Waals surface area contributed by atoms with Gasteiger partial charge in [-0.2, -0.15) is 0 Å². The van der Waals surface area contributed by atoms with Crippen LogP contribution >= 0.6 is 0 Å². The molecule has 3 rings (SSSR count). The summed E-state index contributed by atoms with van der Waals surface area (Å²) in [7, 11) is 0. The van der Waals surface area contributed by atoms with Crippen molar-refractivity contribution in [3.63, 3.8) is 0 Å². The van der Waals surface area contributed by atoms with Gasteiger partial charge in [0.25, 0.3) is 0 Å². The van der Waals surface area contributed by atoms with E-state index in [1.807, 2.05) is 0 Å². The Kier molecular flexibility index (Phi) is 4.15. The summed E-state index contributed by atoms with van der Waals surface area (Å²) < 4.78 is 0. The minimum atomic E-state index is 0.243. The quantitative estimate of drug-likeness (QED) is 0.756. The third kappa shape index (κ3) is 2.71. The Balaban J connectivity index is 1.93. The highest BCUT2D eigenvalue weighted by molar-refractivity contribution is 5.83. The molecule has 0 radical (unpaired) electrons. The van der Waals surface area contributed by atoms with Crippen molar-refractivity contribution in [2.24, 2.45) is 0 Å². The summed E-state index contributed by atoms with van der Waals surface area (Å²) >= 11 is 0. The molecule has 2 aliphatic carbocycles. The Morgan fingerprint density at radius 2 is 1.95 bits per heavy atom. The van der Waals surface area contributed by atoms with Crippen molar-refractivity contribution >= 4 is 11.3 Å². The molecular weight excluding hydrogens is 266 g/mol. The van der Waals surface area contributed by atoms with Crippen LogP contribution in [0.4, 0.5) is 5.69 Å². The van der Waals surface area contributed by atoms with Crippen LogP contribution in [0.1, 0.15) is 32.8 Å². The van der Waals surface area contributed by atoms with Gasteiger partial charge < -0.3 is 5.32 Å². The van der Waals surface area contributed by atoms with E-state index < -0.39 is 0 Å². The fourth-order valence-corrected chi connectivity index (χ4v) is 3.11. The fraction of sp³-hybridized carbons (Fsp3) is 0.238. The normalized spacial score (nSPS) is 22.4. The van der Waals surface area contributed by atoms with Gasteiger partial charge in [-0.05, 0) is 50.0 Å². The maximum Gasteiger partial charge on any atom is 0.0698 e. The topological polar surface area (TPSA) is 12.0 Å². The van der Waals surface area contributed by atoms with Crippen LogP contribution in [-0.4, -0.2) is 6.04 Å². The lowest BCUT2D eigenvalue weighted by Crippen LogP contribution is -2.20. The number of allylic oxidation sites excluding steroid dienone is 7. The summed E-state index contributed by atoms with van der Waals surface area (Å²) in [5, 5.41) is 3.70. The average Bonchev–Trinajstić information content (AvgIpc) is 2.88. The predicted octanol–water partition coefficient (Wildman–Crippen LogP) is 5.66. The third-order valence-corrected chi connectivity index (χ3v) is 4.62. The number of anilines is 1. The van der Waals surface area contributed by atoms with Crippen LogP contribution in [0.5, 0.6) is 0 Å². The van der Waals surface area contributed by atoms with Crippen molar-refractivity contribution < 1.29 is 0 Å². The summed E-state index contributed by atoms with van der Waals surface area (Å²) in [5.74, 6) is 0. The summed E-state index contributed by atoms with van der Waals surface area (Å²) in [6.45, 7) is 6.52. The van der Waals surface area contributed by atoms with Crippen molar-refractivity contribution in [2.75, 3.05) is 5.32 Å². The summed E-state index contributed by atoms with van der Waals surface area (Å²) in [5.41, 5.74) is 8.11. The van der Waals surface area contributed by atoms with Crippen LogP contribution < -0.4 is 5.32 Å². The molecule has 22 heavy (non-hydrogen) atoms. The van der Waals surface area contributed by atoms with E-state index in [4.69, 9.17) is 0 Å². The lowest BCUT2D eigenvalue weighted by molar-refractivity contribution is 1.04. The molecule has 0 heterocycles. The Morgan fingerprint density at radius 1 is 1.14 bits per heavy atom. The second-order valence-corrected chi connectivity index (χ2v) is 5.90. The molecule has 1 N–H and O–H groups in total. The predicted molar refractivity (Wildman–Crippen MR) is 96.9 cm³/mol. The highest BCUT2D eigenvalue weighted by atomic mass is 14.9. The van der Waals surface area contributed by atoms with E-state index in [2.05, 4.69) is 86.8 Å². The molecule has 0 fully saturated rings. The van der Waals surface area contributed by atoms with E-state index in [1.54, 1.807) is 0 Å². The molecule has 0 aromatic heterocycles. The second-order valence-electron chi connectivity index (χ2n) is 5.90. The molecule has 2 aliphatic rings. The minimum Gasteiger partial charge on any atom is -0.374 e. The van der Waals surface area contributed by atoms with Gasteiger partial charge in [-0.15, -0.1) is 0 Å². The van der Waals surface area contributed by atoms with Crippen molar-refractivity contribution in [1.82, 2.24) is 0 Å². The lowest BCUT2D eigenvalue weighted by Gasteiger charge is -2.22. The van der Waals surface area contributed by atoms with E-state index in [1.165, 1.54) is 33.5 Å². The average molecular weight is 289 g/mol. The van der Waals surface area contributed by atoms with Crippen LogP contribution in [0.15, 0.2) is 77.4 Å². The zero-order valence-corrected chi connectivity index (χ0v) is 13.6. The first-order valence-corrected chi connectivity index (χ1v) is 7.94. The fourth-order valence-electron chi connectivity index (χ4n) is 3.11. The highest BCUT2D eigenvalue weighted by Crippen LogP contribution is 2.37. The number of hydrogen-bond acceptors (Lipinski definition) is 1. The Morgan fingerprint density at radius 3 is 2.68 bits per heavy atom. The number of nitrogens with one attached hydrogen (secondary N) is 1. The smallest absolute Gasteiger partial charge is 0.0698 e. The SMILES string of the molecule is CC=C1C=CC=CC1Nc1ccccc1C1=C(C)C(C)=CC1. The minimum absolute atomic E-state index is 0.243. The van der Waals surface area contributed by atoms with E-state index in [9.17, 15) is 0 Å². The van der Waals surface area contributed by atoms with E-state index in [-0.39, 0.29) is 6.04 Å². The molecule has 0 spiro atoms. The molecule has 1 aromatic rings. The number of rotatable bonds is 3. The molecule has 0 saturated heterocycles. The van der Waals surface area contributed by atoms with Crippen molar-refractivity contribution in [2.45, 2.75) is 33.2 Å². The van der Waals surface area contributed by atoms with Crippen LogP contribution in [0.25, 0.3) is 5.57 Å². The maximum absolute atomic E-state index is 3.70. The summed E-state index contributed by atoms with van der Waals surface area (Å²) in [4.78, 5) is 0. The molecule has 1 atom stereocenters. The molecule has 1 unspecified atom stereocenters. The molecule has 112 valence electrons. The number of para-hydroxylation sites is 1. The van der Waals surface area contributed by atoms with Gasteiger partial charge in [0.1, 0.15) is 0 Å².